The highest BCUT2D eigenvalue weighted by Crippen LogP contribution is 2.27. The molecule has 120 valence electrons. The highest BCUT2D eigenvalue weighted by molar-refractivity contribution is 6.58. The van der Waals surface area contributed by atoms with Crippen LogP contribution in [0, 0.1) is 0 Å². The first-order valence-corrected chi connectivity index (χ1v) is 8.00. The van der Waals surface area contributed by atoms with E-state index in [1.54, 1.807) is 18.2 Å². The van der Waals surface area contributed by atoms with Gasteiger partial charge in [-0.2, -0.15) is 4.39 Å². The predicted octanol–water partition coefficient (Wildman–Crippen LogP) is 3.56. The topological polar surface area (TPSA) is 27.7 Å². The minimum Gasteiger partial charge on any atom is -0.300 e. The van der Waals surface area contributed by atoms with E-state index in [-0.39, 0.29) is 12.2 Å². The van der Waals surface area contributed by atoms with Crippen LogP contribution in [-0.2, 0) is 19.9 Å². The maximum atomic E-state index is 13.9. The summed E-state index contributed by atoms with van der Waals surface area (Å²) in [4.78, 5) is 0. The Balaban J connectivity index is 2.71. The molecule has 0 aliphatic carbocycles. The summed E-state index contributed by atoms with van der Waals surface area (Å²) in [7, 11) is -5.56. The fourth-order valence-corrected chi connectivity index (χ4v) is 2.74. The number of alkyl halides is 3. The molecule has 1 aromatic carbocycles. The molecule has 0 aliphatic rings. The first-order chi connectivity index (χ1) is 9.76. The van der Waals surface area contributed by atoms with Crippen LogP contribution in [0.2, 0.25) is 0 Å². The average molecular weight is 330 g/mol. The highest BCUT2D eigenvalue weighted by Gasteiger charge is 2.50. The molecule has 0 spiro atoms. The lowest BCUT2D eigenvalue weighted by molar-refractivity contribution is -0.429. The summed E-state index contributed by atoms with van der Waals surface area (Å²) in [6.07, 6.45) is -6.70. The minimum absolute atomic E-state index is 0.238. The van der Waals surface area contributed by atoms with E-state index in [0.717, 1.165) is 0 Å². The molecule has 0 radical (unpaired) electrons. The molecular weight excluding hydrogens is 315 g/mol. The molecule has 0 bridgehead atoms. The fourth-order valence-electron chi connectivity index (χ4n) is 1.48. The molecule has 0 aromatic heterocycles. The summed E-state index contributed by atoms with van der Waals surface area (Å²) in [5.41, 5.74) is 0.238. The Morgan fingerprint density at radius 3 is 2.29 bits per heavy atom. The monoisotopic (exact) mass is 330 g/mol. The van der Waals surface area contributed by atoms with Crippen molar-refractivity contribution in [2.75, 3.05) is 13.2 Å². The van der Waals surface area contributed by atoms with Gasteiger partial charge in [0.1, 0.15) is 6.61 Å². The van der Waals surface area contributed by atoms with Crippen molar-refractivity contribution < 1.29 is 35.3 Å². The maximum absolute atomic E-state index is 13.9. The molecule has 21 heavy (non-hydrogen) atoms. The zero-order valence-electron chi connectivity index (χ0n) is 11.2. The minimum atomic E-state index is -5.56. The van der Waals surface area contributed by atoms with E-state index >= 15 is 0 Å². The van der Waals surface area contributed by atoms with Gasteiger partial charge in [-0.25, -0.2) is 17.0 Å². The van der Waals surface area contributed by atoms with Gasteiger partial charge in [0.05, 0.1) is 12.7 Å². The van der Waals surface area contributed by atoms with E-state index in [1.807, 2.05) is 0 Å². The molecule has 0 amide bonds. The molecule has 0 aliphatic heterocycles. The van der Waals surface area contributed by atoms with E-state index in [0.29, 0.717) is 0 Å². The maximum Gasteiger partial charge on any atom is 0.588 e. The average Bonchev–Trinajstić information content (AvgIpc) is 2.36. The molecule has 0 saturated carbocycles. The van der Waals surface area contributed by atoms with Crippen molar-refractivity contribution in [2.45, 2.75) is 25.6 Å². The van der Waals surface area contributed by atoms with Gasteiger partial charge in [-0.3, -0.25) is 9.16 Å². The van der Waals surface area contributed by atoms with E-state index in [2.05, 4.69) is 13.9 Å². The van der Waals surface area contributed by atoms with Crippen LogP contribution in [0.1, 0.15) is 12.5 Å². The quantitative estimate of drug-likeness (QED) is 0.300. The summed E-state index contributed by atoms with van der Waals surface area (Å²) in [5, 5.41) is 0. The highest BCUT2D eigenvalue weighted by atomic mass is 28.4. The van der Waals surface area contributed by atoms with Gasteiger partial charge < -0.3 is 4.74 Å². The van der Waals surface area contributed by atoms with Gasteiger partial charge in [0, 0.05) is 0 Å². The second-order valence-electron chi connectivity index (χ2n) is 4.02. The van der Waals surface area contributed by atoms with E-state index < -0.39 is 34.3 Å². The molecule has 0 heterocycles. The van der Waals surface area contributed by atoms with Crippen molar-refractivity contribution in [1.82, 2.24) is 0 Å². The molecule has 1 unspecified atom stereocenters. The Morgan fingerprint density at radius 2 is 1.76 bits per heavy atom. The summed E-state index contributed by atoms with van der Waals surface area (Å²) in [6.45, 7) is -0.498. The standard InChI is InChI=1S/C12H15F5O3Si/c1-2-18-12(15,19-8-11(13)14)20-21(16,17)9-10-6-4-3-5-7-10/h3-7,11H,2,8-9H2,1H3. The van der Waals surface area contributed by atoms with Crippen LogP contribution in [0.25, 0.3) is 0 Å². The summed E-state index contributed by atoms with van der Waals surface area (Å²) >= 11 is 0. The third kappa shape index (κ3) is 6.98. The molecule has 9 heteroatoms. The van der Waals surface area contributed by atoms with Crippen LogP contribution < -0.4 is 0 Å². The largest absolute Gasteiger partial charge is 0.588 e. The Hall–Kier alpha value is -1.03. The molecule has 1 aromatic rings. The van der Waals surface area contributed by atoms with Gasteiger partial charge >= 0.3 is 15.2 Å². The van der Waals surface area contributed by atoms with Crippen molar-refractivity contribution in [3.05, 3.63) is 35.9 Å². The summed E-state index contributed by atoms with van der Waals surface area (Å²) < 4.78 is 77.7. The van der Waals surface area contributed by atoms with Crippen molar-refractivity contribution in [1.29, 1.82) is 0 Å². The smallest absolute Gasteiger partial charge is 0.300 e. The Morgan fingerprint density at radius 1 is 1.14 bits per heavy atom. The van der Waals surface area contributed by atoms with Crippen LogP contribution >= 0.6 is 0 Å². The van der Waals surface area contributed by atoms with Crippen LogP contribution in [-0.4, -0.2) is 34.9 Å². The van der Waals surface area contributed by atoms with Crippen molar-refractivity contribution in [3.63, 3.8) is 0 Å². The molecule has 1 atom stereocenters. The van der Waals surface area contributed by atoms with Gasteiger partial charge in [-0.15, -0.1) is 0 Å². The fraction of sp³-hybridized carbons (Fsp3) is 0.500. The number of halogens is 5. The molecule has 0 N–H and O–H groups in total. The first-order valence-electron chi connectivity index (χ1n) is 6.13. The first kappa shape index (κ1) is 18.0. The van der Waals surface area contributed by atoms with Crippen LogP contribution in [0.5, 0.6) is 0 Å². The second-order valence-corrected chi connectivity index (χ2v) is 5.85. The van der Waals surface area contributed by atoms with Crippen LogP contribution in [0.15, 0.2) is 30.3 Å². The molecule has 0 saturated heterocycles. The number of hydrogen-bond acceptors (Lipinski definition) is 3. The lowest BCUT2D eigenvalue weighted by atomic mass is 10.2. The van der Waals surface area contributed by atoms with E-state index in [1.165, 1.54) is 19.1 Å². The predicted molar refractivity (Wildman–Crippen MR) is 66.6 cm³/mol. The van der Waals surface area contributed by atoms with Crippen molar-refractivity contribution in [3.8, 4) is 0 Å². The van der Waals surface area contributed by atoms with E-state index in [9.17, 15) is 21.4 Å². The lowest BCUT2D eigenvalue weighted by Gasteiger charge is -2.27. The van der Waals surface area contributed by atoms with E-state index in [4.69, 9.17) is 0 Å². The second kappa shape index (κ2) is 7.83. The van der Waals surface area contributed by atoms with Gasteiger partial charge in [0.15, 0.2) is 0 Å². The van der Waals surface area contributed by atoms with Gasteiger partial charge in [-0.1, -0.05) is 30.3 Å². The number of ether oxygens (including phenoxy) is 2. The Labute approximate surface area is 120 Å². The Kier molecular flexibility index (Phi) is 6.72. The SMILES string of the molecule is CCOC(F)(OCC(F)F)O[Si](F)(F)Cc1ccccc1. The normalized spacial score (nSPS) is 15.2. The van der Waals surface area contributed by atoms with Crippen LogP contribution in [0.3, 0.4) is 0 Å². The summed E-state index contributed by atoms with van der Waals surface area (Å²) in [6, 6.07) is 6.74. The van der Waals surface area contributed by atoms with Crippen LogP contribution in [0.4, 0.5) is 21.4 Å². The molecule has 3 nitrogen and oxygen atoms in total. The molecule has 1 rings (SSSR count). The van der Waals surface area contributed by atoms with Gasteiger partial charge in [0.25, 0.3) is 6.43 Å². The number of rotatable bonds is 9. The summed E-state index contributed by atoms with van der Waals surface area (Å²) in [5.74, 6) is 0. The molecular formula is C12H15F5O3Si. The zero-order valence-corrected chi connectivity index (χ0v) is 12.2. The number of hydrogen-bond donors (Lipinski definition) is 0. The third-order valence-corrected chi connectivity index (χ3v) is 3.58. The van der Waals surface area contributed by atoms with Gasteiger partial charge in [0.2, 0.25) is 0 Å². The lowest BCUT2D eigenvalue weighted by Crippen LogP contribution is -2.46. The molecule has 0 fully saturated rings. The van der Waals surface area contributed by atoms with Crippen molar-refractivity contribution >= 4 is 8.99 Å². The third-order valence-electron chi connectivity index (χ3n) is 2.22. The zero-order chi connectivity index (χ0) is 15.9. The Bertz CT molecular complexity index is 421. The van der Waals surface area contributed by atoms with Crippen molar-refractivity contribution in [2.24, 2.45) is 0 Å². The number of benzene rings is 1. The van der Waals surface area contributed by atoms with Gasteiger partial charge in [-0.05, 0) is 12.5 Å².